The smallest absolute Gasteiger partial charge is 0.327 e. The molecule has 5 amide bonds. The number of likely N-dealkylation sites (N-methyl/N-ethyl adjacent to an activating group) is 2. The third-order valence-corrected chi connectivity index (χ3v) is 5.68. The van der Waals surface area contributed by atoms with Gasteiger partial charge in [-0.3, -0.25) is 9.69 Å². The molecule has 0 bridgehead atoms. The van der Waals surface area contributed by atoms with Gasteiger partial charge in [0.15, 0.2) is 5.82 Å². The summed E-state index contributed by atoms with van der Waals surface area (Å²) in [5.74, 6) is 0.512. The van der Waals surface area contributed by atoms with E-state index in [1.165, 1.54) is 11.9 Å². The Morgan fingerprint density at radius 2 is 1.81 bits per heavy atom. The van der Waals surface area contributed by atoms with Crippen molar-refractivity contribution >= 4 is 18.0 Å². The van der Waals surface area contributed by atoms with Gasteiger partial charge in [-0.2, -0.15) is 0 Å². The molecular weight excluding hydrogens is 350 g/mol. The van der Waals surface area contributed by atoms with Crippen molar-refractivity contribution in [1.82, 2.24) is 34.8 Å². The average molecular weight is 377 g/mol. The summed E-state index contributed by atoms with van der Waals surface area (Å²) in [6, 6.07) is -0.590. The lowest BCUT2D eigenvalue weighted by molar-refractivity contribution is -0.134. The molecule has 10 nitrogen and oxygen atoms in total. The molecule has 2 fully saturated rings. The van der Waals surface area contributed by atoms with E-state index in [4.69, 9.17) is 0 Å². The highest BCUT2D eigenvalue weighted by Gasteiger charge is 2.55. The summed E-state index contributed by atoms with van der Waals surface area (Å²) < 4.78 is 1.92. The molecule has 0 saturated carbocycles. The second-order valence-corrected chi connectivity index (χ2v) is 7.59. The lowest BCUT2D eigenvalue weighted by Crippen LogP contribution is -2.57. The van der Waals surface area contributed by atoms with E-state index >= 15 is 0 Å². The second-order valence-electron chi connectivity index (χ2n) is 7.59. The topological polar surface area (TPSA) is 104 Å². The Kier molecular flexibility index (Phi) is 4.83. The third-order valence-electron chi connectivity index (χ3n) is 5.68. The molecule has 1 spiro atoms. The number of piperidine rings is 1. The number of aromatic nitrogens is 3. The first-order valence-electron chi connectivity index (χ1n) is 9.20. The van der Waals surface area contributed by atoms with Gasteiger partial charge in [0.2, 0.25) is 0 Å². The van der Waals surface area contributed by atoms with Gasteiger partial charge >= 0.3 is 12.1 Å². The van der Waals surface area contributed by atoms with Crippen molar-refractivity contribution in [3.8, 4) is 0 Å². The van der Waals surface area contributed by atoms with Gasteiger partial charge in [-0.15, -0.1) is 10.2 Å². The van der Waals surface area contributed by atoms with Crippen molar-refractivity contribution in [3.63, 3.8) is 0 Å². The minimum atomic E-state index is -0.827. The molecule has 0 unspecified atom stereocenters. The fourth-order valence-corrected chi connectivity index (χ4v) is 3.88. The maximum absolute atomic E-state index is 12.7. The van der Waals surface area contributed by atoms with Crippen LogP contribution in [0.1, 0.15) is 51.5 Å². The fourth-order valence-electron chi connectivity index (χ4n) is 3.88. The first-order chi connectivity index (χ1) is 12.7. The van der Waals surface area contributed by atoms with E-state index in [1.54, 1.807) is 18.3 Å². The number of carbonyl (C=O) groups excluding carboxylic acids is 3. The maximum Gasteiger partial charge on any atom is 0.327 e. The molecule has 2 aliphatic rings. The summed E-state index contributed by atoms with van der Waals surface area (Å²) in [4.78, 5) is 41.7. The van der Waals surface area contributed by atoms with Crippen molar-refractivity contribution in [2.75, 3.05) is 27.2 Å². The lowest BCUT2D eigenvalue weighted by Gasteiger charge is -2.40. The minimum Gasteiger partial charge on any atom is -0.328 e. The Hall–Kier alpha value is -2.65. The Balaban J connectivity index is 1.63. The number of hydrogen-bond donors (Lipinski definition) is 1. The van der Waals surface area contributed by atoms with Gasteiger partial charge in [0.1, 0.15) is 11.9 Å². The Morgan fingerprint density at radius 3 is 2.33 bits per heavy atom. The third kappa shape index (κ3) is 3.02. The number of carbonyl (C=O) groups is 3. The van der Waals surface area contributed by atoms with Crippen molar-refractivity contribution in [3.05, 3.63) is 12.2 Å². The van der Waals surface area contributed by atoms with E-state index < -0.39 is 5.54 Å². The van der Waals surface area contributed by atoms with Crippen LogP contribution in [0.3, 0.4) is 0 Å². The van der Waals surface area contributed by atoms with Crippen molar-refractivity contribution < 1.29 is 14.4 Å². The van der Waals surface area contributed by atoms with E-state index in [-0.39, 0.29) is 30.1 Å². The van der Waals surface area contributed by atoms with Crippen LogP contribution in [0.5, 0.6) is 0 Å². The van der Waals surface area contributed by atoms with Gasteiger partial charge in [0.05, 0.1) is 6.04 Å². The molecule has 0 aromatic carbocycles. The van der Waals surface area contributed by atoms with Crippen molar-refractivity contribution in [1.29, 1.82) is 0 Å². The average Bonchev–Trinajstić information content (AvgIpc) is 3.20. The SMILES string of the molecule is CC(C)n1cnnc1[C@@H](C)NC(=O)N1CCC2(CC1)C(=O)N(C)C(=O)N2C. The lowest BCUT2D eigenvalue weighted by atomic mass is 9.86. The highest BCUT2D eigenvalue weighted by Crippen LogP contribution is 2.35. The molecule has 0 aliphatic carbocycles. The molecule has 2 saturated heterocycles. The number of nitrogens with one attached hydrogen (secondary N) is 1. The Labute approximate surface area is 158 Å². The van der Waals surface area contributed by atoms with Crippen LogP contribution in [-0.4, -0.2) is 80.2 Å². The number of amides is 5. The zero-order chi connectivity index (χ0) is 19.9. The molecule has 1 aromatic rings. The van der Waals surface area contributed by atoms with Gasteiger partial charge in [-0.05, 0) is 33.6 Å². The predicted molar refractivity (Wildman–Crippen MR) is 96.8 cm³/mol. The summed E-state index contributed by atoms with van der Waals surface area (Å²) >= 11 is 0. The van der Waals surface area contributed by atoms with E-state index in [2.05, 4.69) is 15.5 Å². The van der Waals surface area contributed by atoms with Gasteiger partial charge in [-0.25, -0.2) is 9.59 Å². The van der Waals surface area contributed by atoms with Crippen LogP contribution < -0.4 is 5.32 Å². The van der Waals surface area contributed by atoms with Gasteiger partial charge in [-0.1, -0.05) is 0 Å². The molecule has 3 heterocycles. The highest BCUT2D eigenvalue weighted by atomic mass is 16.2. The number of nitrogens with zero attached hydrogens (tertiary/aromatic N) is 6. The van der Waals surface area contributed by atoms with Crippen molar-refractivity contribution in [2.45, 2.75) is 51.2 Å². The van der Waals surface area contributed by atoms with Crippen LogP contribution in [0.2, 0.25) is 0 Å². The number of likely N-dealkylation sites (tertiary alicyclic amines) is 1. The molecule has 2 aliphatic heterocycles. The first-order valence-corrected chi connectivity index (χ1v) is 9.20. The predicted octanol–water partition coefficient (Wildman–Crippen LogP) is 0.988. The van der Waals surface area contributed by atoms with Crippen LogP contribution in [0.25, 0.3) is 0 Å². The Bertz CT molecular complexity index is 751. The summed E-state index contributed by atoms with van der Waals surface area (Å²) in [5, 5.41) is 11.0. The highest BCUT2D eigenvalue weighted by molar-refractivity contribution is 6.06. The van der Waals surface area contributed by atoms with Gasteiger partial charge < -0.3 is 19.7 Å². The number of imide groups is 1. The molecule has 0 radical (unpaired) electrons. The monoisotopic (exact) mass is 377 g/mol. The zero-order valence-corrected chi connectivity index (χ0v) is 16.5. The van der Waals surface area contributed by atoms with Crippen LogP contribution in [0.4, 0.5) is 9.59 Å². The van der Waals surface area contributed by atoms with Crippen LogP contribution in [0.15, 0.2) is 6.33 Å². The van der Waals surface area contributed by atoms with E-state index in [1.807, 2.05) is 25.3 Å². The van der Waals surface area contributed by atoms with Gasteiger partial charge in [0, 0.05) is 33.2 Å². The summed E-state index contributed by atoms with van der Waals surface area (Å²) in [6.07, 6.45) is 2.52. The quantitative estimate of drug-likeness (QED) is 0.791. The molecule has 1 N–H and O–H groups in total. The fraction of sp³-hybridized carbons (Fsp3) is 0.706. The molecule has 10 heteroatoms. The standard InChI is InChI=1S/C17H27N7O3/c1-11(2)24-10-18-20-13(24)12(3)19-15(26)23-8-6-17(7-9-23)14(25)21(4)16(27)22(17)5/h10-12H,6-9H2,1-5H3,(H,19,26)/t12-/m1/s1. The van der Waals surface area contributed by atoms with Gasteiger partial charge in [0.25, 0.3) is 5.91 Å². The normalized spacial score (nSPS) is 20.7. The summed E-state index contributed by atoms with van der Waals surface area (Å²) in [5.41, 5.74) is -0.827. The second kappa shape index (κ2) is 6.82. The molecule has 27 heavy (non-hydrogen) atoms. The minimum absolute atomic E-state index is 0.187. The summed E-state index contributed by atoms with van der Waals surface area (Å²) in [7, 11) is 3.15. The largest absolute Gasteiger partial charge is 0.328 e. The molecule has 3 rings (SSSR count). The first kappa shape index (κ1) is 19.1. The molecule has 1 aromatic heterocycles. The van der Waals surface area contributed by atoms with Crippen LogP contribution >= 0.6 is 0 Å². The maximum atomic E-state index is 12.7. The van der Waals surface area contributed by atoms with E-state index in [9.17, 15) is 14.4 Å². The van der Waals surface area contributed by atoms with E-state index in [0.29, 0.717) is 31.8 Å². The number of hydrogen-bond acceptors (Lipinski definition) is 5. The zero-order valence-electron chi connectivity index (χ0n) is 16.5. The van der Waals surface area contributed by atoms with Crippen LogP contribution in [-0.2, 0) is 4.79 Å². The van der Waals surface area contributed by atoms with Crippen LogP contribution in [0, 0.1) is 0 Å². The van der Waals surface area contributed by atoms with E-state index in [0.717, 1.165) is 4.90 Å². The number of rotatable bonds is 3. The molecule has 1 atom stereocenters. The molecule has 148 valence electrons. The summed E-state index contributed by atoms with van der Waals surface area (Å²) in [6.45, 7) is 6.74. The Morgan fingerprint density at radius 1 is 1.19 bits per heavy atom. The molecular formula is C17H27N7O3. The van der Waals surface area contributed by atoms with Crippen molar-refractivity contribution in [2.24, 2.45) is 0 Å². The number of urea groups is 2.